The van der Waals surface area contributed by atoms with Crippen molar-refractivity contribution in [2.45, 2.75) is 18.7 Å². The van der Waals surface area contributed by atoms with E-state index in [0.29, 0.717) is 35.3 Å². The molecule has 5 heterocycles. The summed E-state index contributed by atoms with van der Waals surface area (Å²) >= 11 is 0. The first-order valence-corrected chi connectivity index (χ1v) is 14.5. The second-order valence-electron chi connectivity index (χ2n) is 10.8. The average Bonchev–Trinajstić information content (AvgIpc) is 3.61. The van der Waals surface area contributed by atoms with Gasteiger partial charge in [0.05, 0.1) is 31.1 Å². The van der Waals surface area contributed by atoms with Crippen LogP contribution in [0.3, 0.4) is 0 Å². The average molecular weight is 614 g/mol. The Labute approximate surface area is 258 Å². The minimum atomic E-state index is -1.44. The minimum Gasteiger partial charge on any atom is -0.486 e. The number of alkyl halides is 1. The molecule has 15 heteroatoms. The molecule has 0 spiro atoms. The van der Waals surface area contributed by atoms with Gasteiger partial charge in [-0.1, -0.05) is 5.21 Å². The van der Waals surface area contributed by atoms with Crippen LogP contribution < -0.4 is 19.7 Å². The molecule has 3 aromatic heterocycles. The van der Waals surface area contributed by atoms with Crippen molar-refractivity contribution in [3.05, 3.63) is 60.2 Å². The van der Waals surface area contributed by atoms with Gasteiger partial charge in [-0.25, -0.2) is 14.4 Å². The third-order valence-electron chi connectivity index (χ3n) is 7.89. The standard InChI is InChI=1S/C30H32FN11O3/c1-40-9-11-41(12-10-40)24-4-6-27(37-29(24)44-2)36-28-14-22(33-18-34-28)19-3-5-25(20(13-19)15-32)45-26-7-8-42(17-21(26)31)30(43)23-16-35-39-38-23/h3-6,13-14,16,18,21,26H,7-12,17H2,1-2H3,(H,35,38,39)(H,33,34,36,37)/t21-,26+/m1/s1. The molecule has 0 bridgehead atoms. The molecule has 45 heavy (non-hydrogen) atoms. The van der Waals surface area contributed by atoms with Crippen molar-refractivity contribution < 1.29 is 18.7 Å². The van der Waals surface area contributed by atoms with Gasteiger partial charge in [0.25, 0.3) is 5.91 Å². The van der Waals surface area contributed by atoms with E-state index in [0.717, 1.165) is 31.9 Å². The largest absolute Gasteiger partial charge is 0.486 e. The maximum Gasteiger partial charge on any atom is 0.273 e. The number of aromatic nitrogens is 6. The second-order valence-corrected chi connectivity index (χ2v) is 10.8. The number of carbonyl (C=O) groups is 1. The lowest BCUT2D eigenvalue weighted by Gasteiger charge is -2.34. The number of rotatable bonds is 8. The van der Waals surface area contributed by atoms with Crippen LogP contribution in [-0.2, 0) is 0 Å². The molecule has 0 radical (unpaired) electrons. The van der Waals surface area contributed by atoms with Gasteiger partial charge in [0.2, 0.25) is 5.88 Å². The fraction of sp³-hybridized carbons (Fsp3) is 0.367. The summed E-state index contributed by atoms with van der Waals surface area (Å²) < 4.78 is 26.6. The molecule has 2 N–H and O–H groups in total. The highest BCUT2D eigenvalue weighted by Gasteiger charge is 2.34. The van der Waals surface area contributed by atoms with Crippen LogP contribution in [0.15, 0.2) is 48.9 Å². The van der Waals surface area contributed by atoms with Gasteiger partial charge in [0, 0.05) is 50.8 Å². The summed E-state index contributed by atoms with van der Waals surface area (Å²) in [6.45, 7) is 3.88. The number of pyridine rings is 1. The number of hydrogen-bond acceptors (Lipinski definition) is 12. The highest BCUT2D eigenvalue weighted by molar-refractivity contribution is 5.92. The molecule has 2 atom stereocenters. The summed E-state index contributed by atoms with van der Waals surface area (Å²) in [5, 5.41) is 22.7. The van der Waals surface area contributed by atoms with Crippen LogP contribution >= 0.6 is 0 Å². The van der Waals surface area contributed by atoms with Crippen molar-refractivity contribution >= 4 is 23.2 Å². The van der Waals surface area contributed by atoms with E-state index in [9.17, 15) is 10.1 Å². The molecule has 1 aromatic carbocycles. The number of nitriles is 1. The highest BCUT2D eigenvalue weighted by atomic mass is 19.1. The molecular weight excluding hydrogens is 581 g/mol. The summed E-state index contributed by atoms with van der Waals surface area (Å²) in [5.41, 5.74) is 2.60. The number of ether oxygens (including phenoxy) is 2. The molecule has 2 saturated heterocycles. The van der Waals surface area contributed by atoms with Crippen LogP contribution in [0, 0.1) is 11.3 Å². The number of anilines is 3. The monoisotopic (exact) mass is 613 g/mol. The Bertz CT molecular complexity index is 1690. The molecule has 14 nitrogen and oxygen atoms in total. The zero-order chi connectivity index (χ0) is 31.3. The molecule has 2 aliphatic heterocycles. The van der Waals surface area contributed by atoms with Crippen molar-refractivity contribution in [3.8, 4) is 29.0 Å². The Morgan fingerprint density at radius 2 is 1.96 bits per heavy atom. The van der Waals surface area contributed by atoms with Crippen LogP contribution in [-0.4, -0.2) is 112 Å². The Morgan fingerprint density at radius 3 is 2.69 bits per heavy atom. The number of halogens is 1. The molecular formula is C30H32FN11O3. The third kappa shape index (κ3) is 6.60. The first-order chi connectivity index (χ1) is 21.9. The molecule has 0 saturated carbocycles. The Kier molecular flexibility index (Phi) is 8.65. The van der Waals surface area contributed by atoms with Gasteiger partial charge >= 0.3 is 0 Å². The normalized spacial score (nSPS) is 18.7. The number of benzene rings is 1. The zero-order valence-corrected chi connectivity index (χ0v) is 24.9. The van der Waals surface area contributed by atoms with Crippen LogP contribution in [0.5, 0.6) is 11.6 Å². The van der Waals surface area contributed by atoms with E-state index in [4.69, 9.17) is 9.47 Å². The zero-order valence-electron chi connectivity index (χ0n) is 24.9. The molecule has 0 unspecified atom stereocenters. The maximum atomic E-state index is 15.1. The predicted octanol–water partition coefficient (Wildman–Crippen LogP) is 2.66. The molecule has 232 valence electrons. The molecule has 0 aliphatic carbocycles. The van der Waals surface area contributed by atoms with Crippen LogP contribution in [0.1, 0.15) is 22.5 Å². The summed E-state index contributed by atoms with van der Waals surface area (Å²) in [6, 6.07) is 12.8. The number of aromatic amines is 1. The Hall–Kier alpha value is -5.36. The summed E-state index contributed by atoms with van der Waals surface area (Å²) in [6.07, 6.45) is 0.733. The van der Waals surface area contributed by atoms with Crippen molar-refractivity contribution in [3.63, 3.8) is 0 Å². The lowest BCUT2D eigenvalue weighted by Crippen LogP contribution is -2.49. The smallest absolute Gasteiger partial charge is 0.273 e. The van der Waals surface area contributed by atoms with Crippen molar-refractivity contribution in [1.82, 2.24) is 40.2 Å². The second kappa shape index (κ2) is 13.1. The topological polar surface area (TPSA) is 161 Å². The number of nitrogens with zero attached hydrogens (tertiary/aromatic N) is 9. The van der Waals surface area contributed by atoms with E-state index in [1.54, 1.807) is 31.4 Å². The number of likely N-dealkylation sites (tertiary alicyclic amines) is 1. The maximum absolute atomic E-state index is 15.1. The number of piperidine rings is 1. The van der Waals surface area contributed by atoms with Gasteiger partial charge in [-0.05, 0) is 37.4 Å². The molecule has 1 amide bonds. The van der Waals surface area contributed by atoms with Crippen LogP contribution in [0.2, 0.25) is 0 Å². The number of methoxy groups -OCH3 is 1. The number of amides is 1. The van der Waals surface area contributed by atoms with Crippen molar-refractivity contribution in [2.75, 3.05) is 63.6 Å². The van der Waals surface area contributed by atoms with E-state index in [1.165, 1.54) is 17.4 Å². The molecule has 2 fully saturated rings. The Balaban J connectivity index is 1.13. The van der Waals surface area contributed by atoms with Crippen LogP contribution in [0.25, 0.3) is 11.3 Å². The van der Waals surface area contributed by atoms with E-state index < -0.39 is 12.3 Å². The number of carbonyl (C=O) groups excluding carboxylic acids is 1. The summed E-state index contributed by atoms with van der Waals surface area (Å²) in [7, 11) is 3.71. The first kappa shape index (κ1) is 29.7. The molecule has 2 aliphatic rings. The lowest BCUT2D eigenvalue weighted by molar-refractivity contribution is 0.0198. The van der Waals surface area contributed by atoms with Crippen LogP contribution in [0.4, 0.5) is 21.7 Å². The number of piperazine rings is 1. The minimum absolute atomic E-state index is 0.140. The highest BCUT2D eigenvalue weighted by Crippen LogP contribution is 2.31. The summed E-state index contributed by atoms with van der Waals surface area (Å²) in [5.74, 6) is 1.48. The van der Waals surface area contributed by atoms with Crippen molar-refractivity contribution in [2.24, 2.45) is 0 Å². The van der Waals surface area contributed by atoms with Gasteiger partial charge in [-0.2, -0.15) is 10.2 Å². The van der Waals surface area contributed by atoms with Gasteiger partial charge in [0.1, 0.15) is 47.3 Å². The fourth-order valence-corrected chi connectivity index (χ4v) is 5.37. The number of hydrogen-bond donors (Lipinski definition) is 2. The van der Waals surface area contributed by atoms with Gasteiger partial charge in [-0.3, -0.25) is 9.89 Å². The third-order valence-corrected chi connectivity index (χ3v) is 7.89. The number of likely N-dealkylation sites (N-methyl/N-ethyl adjacent to an activating group) is 1. The van der Waals surface area contributed by atoms with Gasteiger partial charge < -0.3 is 29.5 Å². The molecule has 4 aromatic rings. The molecule has 6 rings (SSSR count). The van der Waals surface area contributed by atoms with E-state index in [2.05, 4.69) is 58.6 Å². The van der Waals surface area contributed by atoms with E-state index in [1.807, 2.05) is 12.1 Å². The number of nitrogens with one attached hydrogen (secondary N) is 2. The van der Waals surface area contributed by atoms with E-state index >= 15 is 4.39 Å². The van der Waals surface area contributed by atoms with Crippen molar-refractivity contribution in [1.29, 1.82) is 5.26 Å². The SMILES string of the molecule is COc1nc(Nc2cc(-c3ccc(O[C@H]4CCN(C(=O)c5cnn[nH]5)C[C@H]4F)c(C#N)c3)ncn2)ccc1N1CCN(C)CC1. The van der Waals surface area contributed by atoms with Gasteiger partial charge in [0.15, 0.2) is 6.17 Å². The fourth-order valence-electron chi connectivity index (χ4n) is 5.37. The Morgan fingerprint density at radius 1 is 1.11 bits per heavy atom. The van der Waals surface area contributed by atoms with E-state index in [-0.39, 0.29) is 35.9 Å². The quantitative estimate of drug-likeness (QED) is 0.299. The lowest BCUT2D eigenvalue weighted by atomic mass is 10.0. The number of H-pyrrole nitrogens is 1. The predicted molar refractivity (Wildman–Crippen MR) is 162 cm³/mol. The summed E-state index contributed by atoms with van der Waals surface area (Å²) in [4.78, 5) is 31.8. The first-order valence-electron chi connectivity index (χ1n) is 14.5. The van der Waals surface area contributed by atoms with Gasteiger partial charge in [-0.15, -0.1) is 5.10 Å².